The lowest BCUT2D eigenvalue weighted by atomic mass is 10.0. The maximum Gasteiger partial charge on any atom is 0.446 e. The number of urea groups is 1. The van der Waals surface area contributed by atoms with Gasteiger partial charge in [-0.05, 0) is 91.9 Å². The molecule has 0 aliphatic carbocycles. The molecule has 1 saturated heterocycles. The van der Waals surface area contributed by atoms with Crippen LogP contribution in [0.1, 0.15) is 29.8 Å². The molecule has 0 atom stereocenters. The summed E-state index contributed by atoms with van der Waals surface area (Å²) in [6, 6.07) is 13.9. The summed E-state index contributed by atoms with van der Waals surface area (Å²) in [5, 5.41) is 15.1. The number of carbonyl (C=O) groups excluding carboxylic acids is 2. The molecular weight excluding hydrogens is 567 g/mol. The summed E-state index contributed by atoms with van der Waals surface area (Å²) in [7, 11) is 0. The Hall–Kier alpha value is -4.17. The first-order valence-corrected chi connectivity index (χ1v) is 12.9. The van der Waals surface area contributed by atoms with Crippen molar-refractivity contribution in [3.05, 3.63) is 78.0 Å². The number of carbonyl (C=O) groups is 3. The van der Waals surface area contributed by atoms with Gasteiger partial charge >= 0.3 is 17.5 Å². The second-order valence-electron chi connectivity index (χ2n) is 9.09. The van der Waals surface area contributed by atoms with E-state index >= 15 is 0 Å². The second kappa shape index (κ2) is 11.1. The van der Waals surface area contributed by atoms with Gasteiger partial charge in [0.1, 0.15) is 11.4 Å². The van der Waals surface area contributed by atoms with Gasteiger partial charge in [-0.15, -0.1) is 0 Å². The van der Waals surface area contributed by atoms with Crippen molar-refractivity contribution in [3.8, 4) is 0 Å². The van der Waals surface area contributed by atoms with Crippen LogP contribution >= 0.6 is 24.0 Å². The van der Waals surface area contributed by atoms with Gasteiger partial charge < -0.3 is 20.6 Å². The average molecular weight is 590 g/mol. The smallest absolute Gasteiger partial charge is 0.446 e. The van der Waals surface area contributed by atoms with Gasteiger partial charge in [-0.1, -0.05) is 12.1 Å². The van der Waals surface area contributed by atoms with Crippen molar-refractivity contribution in [1.82, 2.24) is 9.88 Å². The van der Waals surface area contributed by atoms with Crippen molar-refractivity contribution in [3.63, 3.8) is 0 Å². The Morgan fingerprint density at radius 2 is 1.75 bits per heavy atom. The van der Waals surface area contributed by atoms with Crippen molar-refractivity contribution in [2.45, 2.75) is 36.3 Å². The van der Waals surface area contributed by atoms with E-state index < -0.39 is 29.0 Å². The van der Waals surface area contributed by atoms with Crippen LogP contribution in [0.15, 0.2) is 71.8 Å². The number of thioether (sulfide) groups is 1. The highest BCUT2D eigenvalue weighted by Gasteiger charge is 2.51. The standard InChI is InChI=1S/C26H22F3N5O4S2/c1-25(2)22(37)34(16-7-9-17(10-8-16)40-26(27,28)29)24(38)33(25)14-15-11-12-30-20(13-15)32-23(39)31-19-6-4-3-5-18(19)21(35)36/h3-13H,14H2,1-2H3,(H,35,36)(H2,30,31,32,39). The molecule has 1 aliphatic heterocycles. The van der Waals surface area contributed by atoms with Crippen molar-refractivity contribution in [2.24, 2.45) is 0 Å². The van der Waals surface area contributed by atoms with Crippen LogP contribution in [0.3, 0.4) is 0 Å². The third-order valence-corrected chi connectivity index (χ3v) is 6.91. The number of carboxylic acid groups (broad SMARTS) is 1. The number of rotatable bonds is 7. The molecule has 40 heavy (non-hydrogen) atoms. The van der Waals surface area contributed by atoms with E-state index in [1.54, 1.807) is 44.2 Å². The summed E-state index contributed by atoms with van der Waals surface area (Å²) in [6.45, 7) is 3.19. The number of anilines is 3. The van der Waals surface area contributed by atoms with E-state index in [1.165, 1.54) is 41.4 Å². The minimum absolute atomic E-state index is 0.0231. The van der Waals surface area contributed by atoms with E-state index in [9.17, 15) is 32.7 Å². The summed E-state index contributed by atoms with van der Waals surface area (Å²) >= 11 is 5.01. The normalized spacial score (nSPS) is 14.8. The Morgan fingerprint density at radius 1 is 1.07 bits per heavy atom. The van der Waals surface area contributed by atoms with E-state index in [-0.39, 0.29) is 45.3 Å². The Labute approximate surface area is 236 Å². The number of aromatic nitrogens is 1. The average Bonchev–Trinajstić information content (AvgIpc) is 3.03. The summed E-state index contributed by atoms with van der Waals surface area (Å²) in [6.07, 6.45) is 1.48. The number of thiocarbonyl (C=S) groups is 1. The van der Waals surface area contributed by atoms with Crippen LogP contribution in [0.2, 0.25) is 0 Å². The largest absolute Gasteiger partial charge is 0.478 e. The number of hydrogen-bond donors (Lipinski definition) is 3. The number of nitrogens with one attached hydrogen (secondary N) is 2. The molecule has 0 unspecified atom stereocenters. The molecule has 1 aliphatic rings. The first kappa shape index (κ1) is 28.8. The van der Waals surface area contributed by atoms with Crippen molar-refractivity contribution < 1.29 is 32.7 Å². The fourth-order valence-corrected chi connectivity index (χ4v) is 4.75. The molecular formula is C26H22F3N5O4S2. The number of amides is 3. The number of imide groups is 1. The highest BCUT2D eigenvalue weighted by Crippen LogP contribution is 2.39. The quantitative estimate of drug-likeness (QED) is 0.175. The molecule has 1 fully saturated rings. The van der Waals surface area contributed by atoms with Crippen LogP contribution in [0.5, 0.6) is 0 Å². The zero-order valence-electron chi connectivity index (χ0n) is 21.0. The number of para-hydroxylation sites is 1. The molecule has 14 heteroatoms. The van der Waals surface area contributed by atoms with Gasteiger partial charge in [0.15, 0.2) is 5.11 Å². The molecule has 3 aromatic rings. The zero-order valence-corrected chi connectivity index (χ0v) is 22.7. The molecule has 2 heterocycles. The molecule has 0 saturated carbocycles. The van der Waals surface area contributed by atoms with Crippen molar-refractivity contribution >= 4 is 64.2 Å². The molecule has 0 bridgehead atoms. The van der Waals surface area contributed by atoms with Gasteiger partial charge in [0, 0.05) is 17.6 Å². The molecule has 2 aromatic carbocycles. The lowest BCUT2D eigenvalue weighted by Crippen LogP contribution is -2.43. The predicted molar refractivity (Wildman–Crippen MR) is 148 cm³/mol. The first-order chi connectivity index (χ1) is 18.8. The Balaban J connectivity index is 1.48. The topological polar surface area (TPSA) is 115 Å². The SMILES string of the molecule is CC1(C)C(=O)N(c2ccc(SC(F)(F)F)cc2)C(=O)N1Cc1ccnc(NC(=S)Nc2ccccc2C(=O)O)c1. The third kappa shape index (κ3) is 6.34. The number of pyridine rings is 1. The molecule has 0 radical (unpaired) electrons. The number of benzene rings is 2. The van der Waals surface area contributed by atoms with Gasteiger partial charge in [0.05, 0.1) is 16.9 Å². The number of aromatic carboxylic acids is 1. The Morgan fingerprint density at radius 3 is 2.40 bits per heavy atom. The molecule has 9 nitrogen and oxygen atoms in total. The van der Waals surface area contributed by atoms with Crippen molar-refractivity contribution in [2.75, 3.05) is 15.5 Å². The molecule has 1 aromatic heterocycles. The molecule has 4 rings (SSSR count). The van der Waals surface area contributed by atoms with Crippen LogP contribution in [0.25, 0.3) is 0 Å². The molecule has 208 valence electrons. The van der Waals surface area contributed by atoms with E-state index in [4.69, 9.17) is 12.2 Å². The van der Waals surface area contributed by atoms with Crippen LogP contribution in [-0.2, 0) is 11.3 Å². The maximum atomic E-state index is 13.3. The van der Waals surface area contributed by atoms with E-state index in [1.807, 2.05) is 0 Å². The number of carboxylic acids is 1. The van der Waals surface area contributed by atoms with Gasteiger partial charge in [0.25, 0.3) is 5.91 Å². The van der Waals surface area contributed by atoms with Gasteiger partial charge in [-0.25, -0.2) is 19.5 Å². The highest BCUT2D eigenvalue weighted by atomic mass is 32.2. The van der Waals surface area contributed by atoms with Crippen molar-refractivity contribution in [1.29, 1.82) is 0 Å². The van der Waals surface area contributed by atoms with Crippen LogP contribution < -0.4 is 15.5 Å². The summed E-state index contributed by atoms with van der Waals surface area (Å²) < 4.78 is 38.0. The number of halogens is 3. The monoisotopic (exact) mass is 589 g/mol. The first-order valence-electron chi connectivity index (χ1n) is 11.6. The number of alkyl halides is 3. The number of nitrogens with zero attached hydrogens (tertiary/aromatic N) is 3. The van der Waals surface area contributed by atoms with Crippen LogP contribution in [0.4, 0.5) is 35.2 Å². The fourth-order valence-electron chi connectivity index (χ4n) is 4.00. The van der Waals surface area contributed by atoms with Crippen LogP contribution in [0, 0.1) is 0 Å². The van der Waals surface area contributed by atoms with Gasteiger partial charge in [-0.3, -0.25) is 4.79 Å². The van der Waals surface area contributed by atoms with E-state index in [0.717, 1.165) is 4.90 Å². The maximum absolute atomic E-state index is 13.3. The van der Waals surface area contributed by atoms with Gasteiger partial charge in [0.2, 0.25) is 0 Å². The molecule has 3 N–H and O–H groups in total. The lowest BCUT2D eigenvalue weighted by Gasteiger charge is -2.27. The highest BCUT2D eigenvalue weighted by molar-refractivity contribution is 8.00. The Kier molecular flexibility index (Phi) is 8.03. The molecule has 0 spiro atoms. The fraction of sp³-hybridized carbons (Fsp3) is 0.192. The predicted octanol–water partition coefficient (Wildman–Crippen LogP) is 5.95. The summed E-state index contributed by atoms with van der Waals surface area (Å²) in [5.74, 6) is -1.33. The Bertz CT molecular complexity index is 1480. The lowest BCUT2D eigenvalue weighted by molar-refractivity contribution is -0.123. The summed E-state index contributed by atoms with van der Waals surface area (Å²) in [4.78, 5) is 44.4. The number of hydrogen-bond acceptors (Lipinski definition) is 6. The second-order valence-corrected chi connectivity index (χ2v) is 10.6. The summed E-state index contributed by atoms with van der Waals surface area (Å²) in [5.41, 5.74) is -4.61. The zero-order chi connectivity index (χ0) is 29.2. The van der Waals surface area contributed by atoms with E-state index in [0.29, 0.717) is 11.4 Å². The minimum atomic E-state index is -4.46. The van der Waals surface area contributed by atoms with Crippen LogP contribution in [-0.4, -0.2) is 49.1 Å². The van der Waals surface area contributed by atoms with E-state index in [2.05, 4.69) is 15.6 Å². The molecule has 3 amide bonds. The van der Waals surface area contributed by atoms with Gasteiger partial charge in [-0.2, -0.15) is 13.2 Å². The minimum Gasteiger partial charge on any atom is -0.478 e. The third-order valence-electron chi connectivity index (χ3n) is 5.96.